The van der Waals surface area contributed by atoms with Gasteiger partial charge in [-0.3, -0.25) is 9.59 Å². The second-order valence-corrected chi connectivity index (χ2v) is 10.4. The van der Waals surface area contributed by atoms with Crippen molar-refractivity contribution in [1.82, 2.24) is 15.5 Å². The van der Waals surface area contributed by atoms with Crippen LogP contribution in [0.3, 0.4) is 0 Å². The summed E-state index contributed by atoms with van der Waals surface area (Å²) in [5.41, 5.74) is 2.22. The van der Waals surface area contributed by atoms with E-state index in [0.29, 0.717) is 11.3 Å². The molecule has 2 aromatic heterocycles. The van der Waals surface area contributed by atoms with E-state index >= 15 is 0 Å². The van der Waals surface area contributed by atoms with Gasteiger partial charge in [0.05, 0.1) is 18.6 Å². The van der Waals surface area contributed by atoms with Crippen LogP contribution in [0.25, 0.3) is 11.0 Å². The zero-order chi connectivity index (χ0) is 24.1. The predicted molar refractivity (Wildman–Crippen MR) is 133 cm³/mol. The maximum atomic E-state index is 13.4. The van der Waals surface area contributed by atoms with Crippen LogP contribution in [0.15, 0.2) is 63.4 Å². The zero-order valence-corrected chi connectivity index (χ0v) is 20.7. The van der Waals surface area contributed by atoms with Crippen molar-refractivity contribution in [2.75, 3.05) is 0 Å². The van der Waals surface area contributed by atoms with Gasteiger partial charge in [0.25, 0.3) is 5.91 Å². The number of benzene rings is 2. The van der Waals surface area contributed by atoms with E-state index in [-0.39, 0.29) is 30.2 Å². The number of nitrogens with one attached hydrogen (secondary N) is 1. The first-order valence-corrected chi connectivity index (χ1v) is 12.7. The molecule has 0 radical (unpaired) electrons. The van der Waals surface area contributed by atoms with Crippen LogP contribution in [0.4, 0.5) is 0 Å². The molecule has 0 aliphatic rings. The van der Waals surface area contributed by atoms with Crippen LogP contribution >= 0.6 is 23.1 Å². The van der Waals surface area contributed by atoms with E-state index in [9.17, 15) is 9.59 Å². The molecular weight excluding hydrogens is 470 g/mol. The van der Waals surface area contributed by atoms with Crippen LogP contribution in [0.1, 0.15) is 53.0 Å². The van der Waals surface area contributed by atoms with Crippen molar-refractivity contribution in [3.8, 4) is 0 Å². The highest BCUT2D eigenvalue weighted by atomic mass is 32.2. The fraction of sp³-hybridized carbons (Fsp3) is 0.280. The lowest BCUT2D eigenvalue weighted by Crippen LogP contribution is -2.31. The average molecular weight is 496 g/mol. The second kappa shape index (κ2) is 10.8. The normalized spacial score (nSPS) is 12.1. The summed E-state index contributed by atoms with van der Waals surface area (Å²) in [6, 6.07) is 16.4. The topological polar surface area (TPSA) is 94.3 Å². The zero-order valence-electron chi connectivity index (χ0n) is 19.1. The minimum atomic E-state index is -0.556. The number of fused-ring (bicyclic) bond motifs is 1. The third kappa shape index (κ3) is 5.84. The lowest BCUT2D eigenvalue weighted by atomic mass is 10.0. The van der Waals surface area contributed by atoms with Crippen LogP contribution in [0, 0.1) is 6.92 Å². The van der Waals surface area contributed by atoms with Crippen molar-refractivity contribution in [2.24, 2.45) is 0 Å². The van der Waals surface area contributed by atoms with Crippen molar-refractivity contribution < 1.29 is 18.7 Å². The summed E-state index contributed by atoms with van der Waals surface area (Å²) in [4.78, 5) is 25.9. The van der Waals surface area contributed by atoms with Gasteiger partial charge in [0.2, 0.25) is 0 Å². The van der Waals surface area contributed by atoms with Gasteiger partial charge < -0.3 is 14.5 Å². The first-order valence-electron chi connectivity index (χ1n) is 10.9. The predicted octanol–water partition coefficient (Wildman–Crippen LogP) is 5.70. The molecule has 4 rings (SSSR count). The number of ether oxygens (including phenoxy) is 1. The molecule has 1 unspecified atom stereocenters. The summed E-state index contributed by atoms with van der Waals surface area (Å²) in [7, 11) is 0. The molecule has 0 saturated carbocycles. The maximum Gasteiger partial charge on any atom is 0.308 e. The summed E-state index contributed by atoms with van der Waals surface area (Å²) in [6.07, 6.45) is -0.218. The monoisotopic (exact) mass is 495 g/mol. The third-order valence-electron chi connectivity index (χ3n) is 5.00. The first kappa shape index (κ1) is 24.0. The summed E-state index contributed by atoms with van der Waals surface area (Å²) >= 11 is 3.02. The van der Waals surface area contributed by atoms with Crippen molar-refractivity contribution in [2.45, 2.75) is 49.4 Å². The minimum Gasteiger partial charge on any atom is -0.463 e. The number of thioether (sulfide) groups is 1. The van der Waals surface area contributed by atoms with E-state index in [4.69, 9.17) is 9.15 Å². The number of carbonyl (C=O) groups is 2. The average Bonchev–Trinajstić information content (AvgIpc) is 3.40. The number of furan rings is 1. The Bertz CT molecular complexity index is 1280. The number of hydrogen-bond donors (Lipinski definition) is 1. The van der Waals surface area contributed by atoms with Gasteiger partial charge in [0, 0.05) is 16.7 Å². The van der Waals surface area contributed by atoms with Crippen molar-refractivity contribution in [3.63, 3.8) is 0 Å². The van der Waals surface area contributed by atoms with E-state index in [1.807, 2.05) is 61.5 Å². The van der Waals surface area contributed by atoms with E-state index < -0.39 is 6.04 Å². The van der Waals surface area contributed by atoms with Crippen LogP contribution in [-0.2, 0) is 15.3 Å². The number of aromatic nitrogens is 2. The van der Waals surface area contributed by atoms with Crippen molar-refractivity contribution in [3.05, 3.63) is 76.5 Å². The first-order chi connectivity index (χ1) is 16.4. The smallest absolute Gasteiger partial charge is 0.308 e. The Balaban J connectivity index is 1.61. The third-order valence-corrected chi connectivity index (χ3v) is 7.00. The number of para-hydroxylation sites is 1. The Labute approximate surface area is 205 Å². The van der Waals surface area contributed by atoms with E-state index in [1.165, 1.54) is 23.1 Å². The Kier molecular flexibility index (Phi) is 7.64. The Hall–Kier alpha value is -3.17. The Morgan fingerprint density at radius 3 is 2.53 bits per heavy atom. The molecule has 0 saturated heterocycles. The number of hydrogen-bond acceptors (Lipinski definition) is 8. The number of nitrogens with zero attached hydrogens (tertiary/aromatic N) is 2. The van der Waals surface area contributed by atoms with Gasteiger partial charge in [-0.1, -0.05) is 71.6 Å². The van der Waals surface area contributed by atoms with Crippen LogP contribution in [0.2, 0.25) is 0 Å². The van der Waals surface area contributed by atoms with Gasteiger partial charge >= 0.3 is 5.97 Å². The molecule has 1 amide bonds. The number of carbonyl (C=O) groups excluding carboxylic acids is 2. The SMILES string of the molecule is Cc1nnc(SCc2c(C(=O)NC(CC(=O)OC(C)C)c3ccccc3)oc3ccccc23)s1. The lowest BCUT2D eigenvalue weighted by molar-refractivity contribution is -0.147. The van der Waals surface area contributed by atoms with Crippen LogP contribution < -0.4 is 5.32 Å². The summed E-state index contributed by atoms with van der Waals surface area (Å²) in [6.45, 7) is 5.50. The molecule has 2 aromatic carbocycles. The van der Waals surface area contributed by atoms with Crippen LogP contribution in [0.5, 0.6) is 0 Å². The van der Waals surface area contributed by atoms with Crippen molar-refractivity contribution >= 4 is 45.9 Å². The maximum absolute atomic E-state index is 13.4. The highest BCUT2D eigenvalue weighted by molar-refractivity contribution is 8.00. The van der Waals surface area contributed by atoms with Crippen molar-refractivity contribution in [1.29, 1.82) is 0 Å². The number of rotatable bonds is 9. The molecule has 0 spiro atoms. The quantitative estimate of drug-likeness (QED) is 0.235. The van der Waals surface area contributed by atoms with Gasteiger partial charge in [-0.15, -0.1) is 10.2 Å². The highest BCUT2D eigenvalue weighted by Gasteiger charge is 2.26. The van der Waals surface area contributed by atoms with Crippen LogP contribution in [-0.4, -0.2) is 28.2 Å². The summed E-state index contributed by atoms with van der Waals surface area (Å²) < 4.78 is 12.1. The molecule has 2 heterocycles. The molecule has 1 atom stereocenters. The summed E-state index contributed by atoms with van der Waals surface area (Å²) in [5.74, 6) is -0.0319. The fourth-order valence-electron chi connectivity index (χ4n) is 3.54. The summed E-state index contributed by atoms with van der Waals surface area (Å²) in [5, 5.41) is 13.0. The lowest BCUT2D eigenvalue weighted by Gasteiger charge is -2.19. The standard InChI is InChI=1S/C25H25N3O4S2/c1-15(2)31-22(29)13-20(17-9-5-4-6-10-17)26-24(30)23-19(14-33-25-28-27-16(3)34-25)18-11-7-8-12-21(18)32-23/h4-12,15,20H,13-14H2,1-3H3,(H,26,30). The van der Waals surface area contributed by atoms with Gasteiger partial charge in [0.1, 0.15) is 10.6 Å². The Morgan fingerprint density at radius 2 is 1.82 bits per heavy atom. The molecule has 9 heteroatoms. The van der Waals surface area contributed by atoms with E-state index in [1.54, 1.807) is 13.8 Å². The molecule has 0 aliphatic heterocycles. The van der Waals surface area contributed by atoms with Gasteiger partial charge in [-0.2, -0.15) is 0 Å². The van der Waals surface area contributed by atoms with Gasteiger partial charge in [-0.05, 0) is 32.4 Å². The molecule has 7 nitrogen and oxygen atoms in total. The fourth-order valence-corrected chi connectivity index (χ4v) is 5.38. The Morgan fingerprint density at radius 1 is 1.09 bits per heavy atom. The van der Waals surface area contributed by atoms with Gasteiger partial charge in [0.15, 0.2) is 10.1 Å². The largest absolute Gasteiger partial charge is 0.463 e. The number of aryl methyl sites for hydroxylation is 1. The molecule has 4 aromatic rings. The molecule has 34 heavy (non-hydrogen) atoms. The van der Waals surface area contributed by atoms with E-state index in [0.717, 1.165) is 25.9 Å². The van der Waals surface area contributed by atoms with E-state index in [2.05, 4.69) is 15.5 Å². The second-order valence-electron chi connectivity index (χ2n) is 7.96. The number of esters is 1. The minimum absolute atomic E-state index is 0.0162. The number of amides is 1. The molecule has 0 bridgehead atoms. The van der Waals surface area contributed by atoms with Gasteiger partial charge in [-0.25, -0.2) is 0 Å². The highest BCUT2D eigenvalue weighted by Crippen LogP contribution is 2.33. The molecule has 176 valence electrons. The molecule has 0 aliphatic carbocycles. The molecule has 0 fully saturated rings. The molecule has 1 N–H and O–H groups in total. The molecular formula is C25H25N3O4S2.